The Kier molecular flexibility index (Phi) is 5.41. The lowest BCUT2D eigenvalue weighted by atomic mass is 9.67. The van der Waals surface area contributed by atoms with Gasteiger partial charge in [0.15, 0.2) is 0 Å². The molecular formula is C18H20F3NO2S. The van der Waals surface area contributed by atoms with Gasteiger partial charge in [-0.25, -0.2) is 0 Å². The highest BCUT2D eigenvalue weighted by atomic mass is 32.2. The van der Waals surface area contributed by atoms with Crippen LogP contribution >= 0.6 is 11.8 Å². The Morgan fingerprint density at radius 1 is 1.16 bits per heavy atom. The quantitative estimate of drug-likeness (QED) is 0.782. The summed E-state index contributed by atoms with van der Waals surface area (Å²) >= 11 is 0.666. The molecule has 0 saturated heterocycles. The fourth-order valence-corrected chi connectivity index (χ4v) is 4.55. The zero-order valence-electron chi connectivity index (χ0n) is 13.6. The van der Waals surface area contributed by atoms with Crippen molar-refractivity contribution >= 4 is 29.1 Å². The van der Waals surface area contributed by atoms with Crippen molar-refractivity contribution in [1.29, 1.82) is 0 Å². The van der Waals surface area contributed by atoms with E-state index in [0.717, 1.165) is 19.3 Å². The third-order valence-corrected chi connectivity index (χ3v) is 6.09. The van der Waals surface area contributed by atoms with Crippen LogP contribution in [-0.4, -0.2) is 23.6 Å². The van der Waals surface area contributed by atoms with Crippen LogP contribution in [0.25, 0.3) is 0 Å². The molecule has 0 heterocycles. The Bertz CT molecular complexity index is 646. The molecular weight excluding hydrogens is 351 g/mol. The predicted molar refractivity (Wildman–Crippen MR) is 90.4 cm³/mol. The van der Waals surface area contributed by atoms with E-state index in [4.69, 9.17) is 0 Å². The van der Waals surface area contributed by atoms with Gasteiger partial charge in [-0.1, -0.05) is 18.6 Å². The van der Waals surface area contributed by atoms with Crippen molar-refractivity contribution < 1.29 is 22.8 Å². The number of carbonyl (C=O) groups is 2. The van der Waals surface area contributed by atoms with Crippen molar-refractivity contribution in [3.8, 4) is 0 Å². The minimum atomic E-state index is -4.26. The Morgan fingerprint density at radius 2 is 1.80 bits per heavy atom. The zero-order valence-corrected chi connectivity index (χ0v) is 14.5. The van der Waals surface area contributed by atoms with E-state index in [1.54, 1.807) is 24.3 Å². The highest BCUT2D eigenvalue weighted by Crippen LogP contribution is 2.41. The second-order valence-electron chi connectivity index (χ2n) is 6.78. The van der Waals surface area contributed by atoms with Crippen molar-refractivity contribution in [3.05, 3.63) is 24.3 Å². The SMILES string of the molecule is O=C(Nc1ccccc1SCC(F)(F)F)C1CC2CCCC(C1)C2=O. The van der Waals surface area contributed by atoms with E-state index in [1.165, 1.54) is 0 Å². The van der Waals surface area contributed by atoms with Crippen LogP contribution in [0.15, 0.2) is 29.2 Å². The molecule has 7 heteroatoms. The Balaban J connectivity index is 1.66. The fraction of sp³-hybridized carbons (Fsp3) is 0.556. The largest absolute Gasteiger partial charge is 0.398 e. The molecule has 1 N–H and O–H groups in total. The van der Waals surface area contributed by atoms with Gasteiger partial charge in [-0.15, -0.1) is 11.8 Å². The van der Waals surface area contributed by atoms with E-state index in [1.807, 2.05) is 0 Å². The number of ketones is 1. The van der Waals surface area contributed by atoms with Crippen LogP contribution in [0.2, 0.25) is 0 Å². The van der Waals surface area contributed by atoms with E-state index < -0.39 is 11.9 Å². The molecule has 1 aromatic carbocycles. The predicted octanol–water partition coefficient (Wildman–Crippen LogP) is 4.67. The summed E-state index contributed by atoms with van der Waals surface area (Å²) in [4.78, 5) is 25.1. The van der Waals surface area contributed by atoms with Crippen molar-refractivity contribution in [3.63, 3.8) is 0 Å². The minimum Gasteiger partial charge on any atom is -0.325 e. The number of anilines is 1. The molecule has 0 aliphatic heterocycles. The second kappa shape index (κ2) is 7.40. The summed E-state index contributed by atoms with van der Waals surface area (Å²) in [6.45, 7) is 0. The number of nitrogens with one attached hydrogen (secondary N) is 1. The number of hydrogen-bond acceptors (Lipinski definition) is 3. The summed E-state index contributed by atoms with van der Waals surface area (Å²) < 4.78 is 37.4. The number of para-hydroxylation sites is 1. The van der Waals surface area contributed by atoms with Crippen LogP contribution < -0.4 is 5.32 Å². The molecule has 1 aromatic rings. The van der Waals surface area contributed by atoms with Crippen LogP contribution in [0, 0.1) is 17.8 Å². The average molecular weight is 371 g/mol. The van der Waals surface area contributed by atoms with Gasteiger partial charge in [-0.05, 0) is 37.8 Å². The number of carbonyl (C=O) groups excluding carboxylic acids is 2. The number of thioether (sulfide) groups is 1. The minimum absolute atomic E-state index is 0.0295. The molecule has 2 fully saturated rings. The second-order valence-corrected chi connectivity index (χ2v) is 7.80. The number of Topliss-reactive ketones (excluding diaryl/α,β-unsaturated/α-hetero) is 1. The number of halogens is 3. The molecule has 2 aliphatic carbocycles. The summed E-state index contributed by atoms with van der Waals surface area (Å²) in [5, 5.41) is 2.78. The van der Waals surface area contributed by atoms with Gasteiger partial charge in [0.25, 0.3) is 0 Å². The molecule has 0 aromatic heterocycles. The number of alkyl halides is 3. The van der Waals surface area contributed by atoms with Gasteiger partial charge >= 0.3 is 6.18 Å². The third-order valence-electron chi connectivity index (χ3n) is 4.96. The lowest BCUT2D eigenvalue weighted by Crippen LogP contribution is -2.40. The normalized spacial score (nSPS) is 26.4. The molecule has 3 nitrogen and oxygen atoms in total. The number of hydrogen-bond donors (Lipinski definition) is 1. The first-order valence-corrected chi connectivity index (χ1v) is 9.45. The average Bonchev–Trinajstić information content (AvgIpc) is 2.53. The first-order chi connectivity index (χ1) is 11.8. The molecule has 25 heavy (non-hydrogen) atoms. The van der Waals surface area contributed by atoms with Gasteiger partial charge in [-0.3, -0.25) is 9.59 Å². The molecule has 0 spiro atoms. The van der Waals surface area contributed by atoms with E-state index in [-0.39, 0.29) is 29.4 Å². The smallest absolute Gasteiger partial charge is 0.325 e. The number of rotatable bonds is 4. The lowest BCUT2D eigenvalue weighted by molar-refractivity contribution is -0.136. The molecule has 1 amide bonds. The summed E-state index contributed by atoms with van der Waals surface area (Å²) in [7, 11) is 0. The molecule has 2 saturated carbocycles. The Labute approximate surface area is 148 Å². The van der Waals surface area contributed by atoms with Gasteiger partial charge < -0.3 is 5.32 Å². The zero-order chi connectivity index (χ0) is 18.0. The van der Waals surface area contributed by atoms with Gasteiger partial charge in [0.1, 0.15) is 5.78 Å². The van der Waals surface area contributed by atoms with Crippen LogP contribution in [-0.2, 0) is 9.59 Å². The van der Waals surface area contributed by atoms with E-state index in [0.29, 0.717) is 35.2 Å². The maximum Gasteiger partial charge on any atom is 0.398 e. The van der Waals surface area contributed by atoms with Crippen molar-refractivity contribution in [1.82, 2.24) is 0 Å². The highest BCUT2D eigenvalue weighted by molar-refractivity contribution is 7.99. The van der Waals surface area contributed by atoms with Crippen LogP contribution in [0.3, 0.4) is 0 Å². The summed E-state index contributed by atoms with van der Waals surface area (Å²) in [5.74, 6) is -1.20. The van der Waals surface area contributed by atoms with Gasteiger partial charge in [0, 0.05) is 22.6 Å². The van der Waals surface area contributed by atoms with Crippen molar-refractivity contribution in [2.24, 2.45) is 17.8 Å². The number of amides is 1. The van der Waals surface area contributed by atoms with Crippen LogP contribution in [0.1, 0.15) is 32.1 Å². The summed E-state index contributed by atoms with van der Waals surface area (Å²) in [5.41, 5.74) is 0.406. The van der Waals surface area contributed by atoms with Gasteiger partial charge in [0.2, 0.25) is 5.91 Å². The van der Waals surface area contributed by atoms with E-state index >= 15 is 0 Å². The third kappa shape index (κ3) is 4.57. The molecule has 3 rings (SSSR count). The highest BCUT2D eigenvalue weighted by Gasteiger charge is 2.41. The first kappa shape index (κ1) is 18.3. The topological polar surface area (TPSA) is 46.2 Å². The van der Waals surface area contributed by atoms with Crippen LogP contribution in [0.4, 0.5) is 18.9 Å². The molecule has 2 bridgehead atoms. The molecule has 2 aliphatic rings. The van der Waals surface area contributed by atoms with Gasteiger partial charge in [-0.2, -0.15) is 13.2 Å². The molecule has 2 unspecified atom stereocenters. The maximum atomic E-state index is 12.6. The number of benzene rings is 1. The van der Waals surface area contributed by atoms with E-state index in [2.05, 4.69) is 5.32 Å². The maximum absolute atomic E-state index is 12.6. The molecule has 2 atom stereocenters. The Morgan fingerprint density at radius 3 is 2.44 bits per heavy atom. The molecule has 0 radical (unpaired) electrons. The van der Waals surface area contributed by atoms with Gasteiger partial charge in [0.05, 0.1) is 11.4 Å². The summed E-state index contributed by atoms with van der Waals surface area (Å²) in [6.07, 6.45) is -0.429. The van der Waals surface area contributed by atoms with Crippen molar-refractivity contribution in [2.75, 3.05) is 11.1 Å². The van der Waals surface area contributed by atoms with Crippen molar-refractivity contribution in [2.45, 2.75) is 43.2 Å². The lowest BCUT2D eigenvalue weighted by Gasteiger charge is -2.37. The van der Waals surface area contributed by atoms with Crippen LogP contribution in [0.5, 0.6) is 0 Å². The molecule has 136 valence electrons. The fourth-order valence-electron chi connectivity index (χ4n) is 3.78. The Hall–Kier alpha value is -1.50. The standard InChI is InChI=1S/C18H20F3NO2S/c19-18(20,21)10-25-15-7-2-1-6-14(15)22-17(24)13-8-11-4-3-5-12(9-13)16(11)23/h1-2,6-7,11-13H,3-5,8-10H2,(H,22,24). The number of fused-ring (bicyclic) bond motifs is 2. The summed E-state index contributed by atoms with van der Waals surface area (Å²) in [6, 6.07) is 6.53. The first-order valence-electron chi connectivity index (χ1n) is 8.46. The van der Waals surface area contributed by atoms with E-state index in [9.17, 15) is 22.8 Å². The monoisotopic (exact) mass is 371 g/mol.